The summed E-state index contributed by atoms with van der Waals surface area (Å²) in [5.74, 6) is 0.830. The van der Waals surface area contributed by atoms with E-state index in [0.717, 1.165) is 13.0 Å². The van der Waals surface area contributed by atoms with Gasteiger partial charge in [0, 0.05) is 12.0 Å². The lowest BCUT2D eigenvalue weighted by Crippen LogP contribution is -2.29. The van der Waals surface area contributed by atoms with Crippen LogP contribution in [-0.2, 0) is 18.3 Å². The van der Waals surface area contributed by atoms with Crippen molar-refractivity contribution < 1.29 is 4.79 Å². The summed E-state index contributed by atoms with van der Waals surface area (Å²) in [5, 5.41) is 14.8. The third-order valence-electron chi connectivity index (χ3n) is 2.82. The normalized spacial score (nSPS) is 25.7. The minimum atomic E-state index is 0.105. The van der Waals surface area contributed by atoms with Crippen LogP contribution in [0.4, 0.5) is 0 Å². The highest BCUT2D eigenvalue weighted by molar-refractivity contribution is 5.83. The molecule has 0 radical (unpaired) electrons. The topological polar surface area (TPSA) is 72.7 Å². The van der Waals surface area contributed by atoms with Gasteiger partial charge in [0.15, 0.2) is 5.82 Å². The maximum atomic E-state index is 11.9. The predicted molar refractivity (Wildman–Crippen MR) is 53.1 cm³/mol. The highest BCUT2D eigenvalue weighted by Gasteiger charge is 2.29. The molecule has 0 bridgehead atoms. The van der Waals surface area contributed by atoms with Crippen LogP contribution in [0.2, 0.25) is 0 Å². The molecule has 6 nitrogen and oxygen atoms in total. The smallest absolute Gasteiger partial charge is 0.182 e. The van der Waals surface area contributed by atoms with Crippen LogP contribution in [0.15, 0.2) is 0 Å². The summed E-state index contributed by atoms with van der Waals surface area (Å²) in [5.41, 5.74) is 0. The minimum Gasteiger partial charge on any atom is -0.314 e. The molecule has 1 fully saturated rings. The van der Waals surface area contributed by atoms with E-state index in [9.17, 15) is 4.79 Å². The van der Waals surface area contributed by atoms with Crippen molar-refractivity contribution in [3.63, 3.8) is 0 Å². The average molecular weight is 209 g/mol. The number of nitrogens with one attached hydrogen (secondary N) is 1. The third-order valence-corrected chi connectivity index (χ3v) is 2.82. The summed E-state index contributed by atoms with van der Waals surface area (Å²) in [4.78, 5) is 13.3. The first-order valence-electron chi connectivity index (χ1n) is 5.16. The molecule has 1 aromatic heterocycles. The van der Waals surface area contributed by atoms with Crippen LogP contribution in [0.3, 0.4) is 0 Å². The number of hydrogen-bond acceptors (Lipinski definition) is 5. The van der Waals surface area contributed by atoms with E-state index in [1.54, 1.807) is 7.05 Å². The summed E-state index contributed by atoms with van der Waals surface area (Å²) in [6, 6.07) is 0.272. The van der Waals surface area contributed by atoms with E-state index in [1.165, 1.54) is 4.80 Å². The van der Waals surface area contributed by atoms with Crippen LogP contribution >= 0.6 is 0 Å². The minimum absolute atomic E-state index is 0.105. The van der Waals surface area contributed by atoms with Crippen molar-refractivity contribution in [1.82, 2.24) is 25.5 Å². The van der Waals surface area contributed by atoms with Gasteiger partial charge in [0.25, 0.3) is 0 Å². The molecule has 0 spiro atoms. The molecule has 1 saturated heterocycles. The van der Waals surface area contributed by atoms with Crippen molar-refractivity contribution in [3.05, 3.63) is 5.82 Å². The molecule has 6 heteroatoms. The second-order valence-corrected chi connectivity index (χ2v) is 3.98. The fraction of sp³-hybridized carbons (Fsp3) is 0.778. The van der Waals surface area contributed by atoms with E-state index in [1.807, 2.05) is 6.92 Å². The number of ketones is 1. The summed E-state index contributed by atoms with van der Waals surface area (Å²) in [7, 11) is 1.70. The molecule has 1 aliphatic rings. The van der Waals surface area contributed by atoms with Crippen LogP contribution in [0.1, 0.15) is 19.2 Å². The van der Waals surface area contributed by atoms with Gasteiger partial charge in [-0.15, -0.1) is 10.2 Å². The number of tetrazole rings is 1. The Morgan fingerprint density at radius 3 is 3.00 bits per heavy atom. The number of carbonyl (C=O) groups excluding carboxylic acids is 1. The van der Waals surface area contributed by atoms with E-state index < -0.39 is 0 Å². The Kier molecular flexibility index (Phi) is 2.77. The first-order chi connectivity index (χ1) is 7.16. The summed E-state index contributed by atoms with van der Waals surface area (Å²) in [6.45, 7) is 2.96. The number of nitrogens with zero attached hydrogens (tertiary/aromatic N) is 4. The van der Waals surface area contributed by atoms with Gasteiger partial charge in [-0.2, -0.15) is 4.80 Å². The second-order valence-electron chi connectivity index (χ2n) is 3.98. The van der Waals surface area contributed by atoms with Gasteiger partial charge < -0.3 is 5.32 Å². The SMILES string of the molecule is CC1NCCC1C(=O)Cc1nnn(C)n1. The largest absolute Gasteiger partial charge is 0.314 e. The first-order valence-corrected chi connectivity index (χ1v) is 5.16. The highest BCUT2D eigenvalue weighted by Crippen LogP contribution is 2.17. The summed E-state index contributed by atoms with van der Waals surface area (Å²) < 4.78 is 0. The zero-order valence-corrected chi connectivity index (χ0v) is 8.97. The Morgan fingerprint density at radius 1 is 1.67 bits per heavy atom. The monoisotopic (exact) mass is 209 g/mol. The van der Waals surface area contributed by atoms with Crippen molar-refractivity contribution in [1.29, 1.82) is 0 Å². The number of aryl methyl sites for hydroxylation is 1. The average Bonchev–Trinajstić information content (AvgIpc) is 2.75. The fourth-order valence-corrected chi connectivity index (χ4v) is 1.98. The molecule has 0 aliphatic carbocycles. The molecule has 2 atom stereocenters. The molecule has 1 aromatic rings. The van der Waals surface area contributed by atoms with Crippen LogP contribution in [0, 0.1) is 5.92 Å². The van der Waals surface area contributed by atoms with Crippen molar-refractivity contribution >= 4 is 5.78 Å². The number of rotatable bonds is 3. The van der Waals surface area contributed by atoms with Gasteiger partial charge in [0.2, 0.25) is 0 Å². The Bertz CT molecular complexity index is 361. The van der Waals surface area contributed by atoms with Crippen molar-refractivity contribution in [2.24, 2.45) is 13.0 Å². The predicted octanol–water partition coefficient (Wildman–Crippen LogP) is -0.680. The van der Waals surface area contributed by atoms with E-state index in [4.69, 9.17) is 0 Å². The second kappa shape index (κ2) is 4.06. The van der Waals surface area contributed by atoms with Gasteiger partial charge in [0.1, 0.15) is 5.78 Å². The van der Waals surface area contributed by atoms with Crippen molar-refractivity contribution in [2.45, 2.75) is 25.8 Å². The van der Waals surface area contributed by atoms with E-state index in [2.05, 4.69) is 20.7 Å². The standard InChI is InChI=1S/C9H15N5O/c1-6-7(3-4-10-6)8(15)5-9-11-13-14(2)12-9/h6-7,10H,3-5H2,1-2H3. The number of carbonyl (C=O) groups is 1. The summed E-state index contributed by atoms with van der Waals surface area (Å²) >= 11 is 0. The molecule has 1 aliphatic heterocycles. The first kappa shape index (κ1) is 10.2. The number of hydrogen-bond donors (Lipinski definition) is 1. The molecule has 0 amide bonds. The molecule has 2 rings (SSSR count). The van der Waals surface area contributed by atoms with Gasteiger partial charge in [-0.25, -0.2) is 0 Å². The Labute approximate surface area is 88.0 Å². The molecule has 2 heterocycles. The zero-order valence-electron chi connectivity index (χ0n) is 8.97. The van der Waals surface area contributed by atoms with Gasteiger partial charge in [-0.1, -0.05) is 0 Å². The molecule has 82 valence electrons. The quantitative estimate of drug-likeness (QED) is 0.714. The number of Topliss-reactive ketones (excluding diaryl/α,β-unsaturated/α-hetero) is 1. The van der Waals surface area contributed by atoms with Gasteiger partial charge in [-0.3, -0.25) is 4.79 Å². The third kappa shape index (κ3) is 2.20. The summed E-state index contributed by atoms with van der Waals surface area (Å²) in [6.07, 6.45) is 1.21. The molecular weight excluding hydrogens is 194 g/mol. The molecule has 2 unspecified atom stereocenters. The van der Waals surface area contributed by atoms with E-state index in [0.29, 0.717) is 12.2 Å². The maximum absolute atomic E-state index is 11.9. The molecule has 1 N–H and O–H groups in total. The molecule has 0 saturated carbocycles. The number of aromatic nitrogens is 4. The van der Waals surface area contributed by atoms with Crippen LogP contribution in [-0.4, -0.2) is 38.6 Å². The van der Waals surface area contributed by atoms with Crippen molar-refractivity contribution in [3.8, 4) is 0 Å². The van der Waals surface area contributed by atoms with Gasteiger partial charge in [-0.05, 0) is 25.1 Å². The Hall–Kier alpha value is -1.30. The van der Waals surface area contributed by atoms with Crippen LogP contribution < -0.4 is 5.32 Å². The van der Waals surface area contributed by atoms with Gasteiger partial charge in [0.05, 0.1) is 13.5 Å². The molecule has 15 heavy (non-hydrogen) atoms. The molecular formula is C9H15N5O. The van der Waals surface area contributed by atoms with E-state index >= 15 is 0 Å². The van der Waals surface area contributed by atoms with Crippen LogP contribution in [0.5, 0.6) is 0 Å². The van der Waals surface area contributed by atoms with E-state index in [-0.39, 0.29) is 17.7 Å². The maximum Gasteiger partial charge on any atom is 0.182 e. The Balaban J connectivity index is 1.97. The van der Waals surface area contributed by atoms with Crippen molar-refractivity contribution in [2.75, 3.05) is 6.54 Å². The lowest BCUT2D eigenvalue weighted by molar-refractivity contribution is -0.122. The zero-order chi connectivity index (χ0) is 10.8. The lowest BCUT2D eigenvalue weighted by atomic mass is 9.95. The van der Waals surface area contributed by atoms with Crippen LogP contribution in [0.25, 0.3) is 0 Å². The fourth-order valence-electron chi connectivity index (χ4n) is 1.98. The molecule has 0 aromatic carbocycles. The lowest BCUT2D eigenvalue weighted by Gasteiger charge is -2.11. The highest BCUT2D eigenvalue weighted by atomic mass is 16.1. The Morgan fingerprint density at radius 2 is 2.47 bits per heavy atom. The van der Waals surface area contributed by atoms with Gasteiger partial charge >= 0.3 is 0 Å².